The van der Waals surface area contributed by atoms with Crippen LogP contribution in [-0.2, 0) is 26.2 Å². The SMILES string of the molecule is CN=C(NCc1ccc(CN2CCCCC2)cc1)NCc1nccn1CC(C)C. The molecule has 3 rings (SSSR count). The predicted molar refractivity (Wildman–Crippen MR) is 120 cm³/mol. The Balaban J connectivity index is 1.45. The molecule has 2 N–H and O–H groups in total. The first-order valence-corrected chi connectivity index (χ1v) is 10.9. The zero-order valence-corrected chi connectivity index (χ0v) is 18.2. The Kier molecular flexibility index (Phi) is 8.11. The molecule has 1 saturated heterocycles. The minimum absolute atomic E-state index is 0.596. The van der Waals surface area contributed by atoms with Gasteiger partial charge in [-0.3, -0.25) is 9.89 Å². The molecule has 2 aromatic rings. The third-order valence-corrected chi connectivity index (χ3v) is 5.34. The van der Waals surface area contributed by atoms with Gasteiger partial charge in [0.05, 0.1) is 6.54 Å². The summed E-state index contributed by atoms with van der Waals surface area (Å²) in [5.74, 6) is 2.42. The number of nitrogens with zero attached hydrogens (tertiary/aromatic N) is 4. The van der Waals surface area contributed by atoms with Gasteiger partial charge in [-0.25, -0.2) is 4.98 Å². The van der Waals surface area contributed by atoms with Crippen molar-refractivity contribution in [2.45, 2.75) is 59.3 Å². The van der Waals surface area contributed by atoms with Crippen LogP contribution in [0, 0.1) is 5.92 Å². The lowest BCUT2D eigenvalue weighted by molar-refractivity contribution is 0.221. The van der Waals surface area contributed by atoms with Crippen molar-refractivity contribution < 1.29 is 0 Å². The monoisotopic (exact) mass is 396 g/mol. The second kappa shape index (κ2) is 11.0. The number of benzene rings is 1. The number of aromatic nitrogens is 2. The van der Waals surface area contributed by atoms with Gasteiger partial charge in [0.1, 0.15) is 5.82 Å². The van der Waals surface area contributed by atoms with Gasteiger partial charge in [-0.05, 0) is 43.0 Å². The molecule has 0 spiro atoms. The molecule has 158 valence electrons. The van der Waals surface area contributed by atoms with E-state index in [2.05, 4.69) is 68.2 Å². The van der Waals surface area contributed by atoms with E-state index in [0.717, 1.165) is 31.4 Å². The van der Waals surface area contributed by atoms with Crippen molar-refractivity contribution in [2.75, 3.05) is 20.1 Å². The quantitative estimate of drug-likeness (QED) is 0.530. The molecule has 0 radical (unpaired) electrons. The molecule has 1 aromatic heterocycles. The number of hydrogen-bond acceptors (Lipinski definition) is 3. The van der Waals surface area contributed by atoms with Crippen LogP contribution >= 0.6 is 0 Å². The van der Waals surface area contributed by atoms with Crippen molar-refractivity contribution in [3.63, 3.8) is 0 Å². The maximum absolute atomic E-state index is 4.47. The van der Waals surface area contributed by atoms with Crippen LogP contribution in [0.25, 0.3) is 0 Å². The number of hydrogen-bond donors (Lipinski definition) is 2. The Morgan fingerprint density at radius 2 is 1.72 bits per heavy atom. The van der Waals surface area contributed by atoms with E-state index < -0.39 is 0 Å². The van der Waals surface area contributed by atoms with E-state index in [9.17, 15) is 0 Å². The van der Waals surface area contributed by atoms with Crippen LogP contribution in [0.5, 0.6) is 0 Å². The first-order valence-electron chi connectivity index (χ1n) is 10.9. The van der Waals surface area contributed by atoms with Gasteiger partial charge in [-0.15, -0.1) is 0 Å². The van der Waals surface area contributed by atoms with Crippen LogP contribution in [0.1, 0.15) is 50.1 Å². The van der Waals surface area contributed by atoms with Gasteiger partial charge in [0.15, 0.2) is 5.96 Å². The summed E-state index contributed by atoms with van der Waals surface area (Å²) in [6.45, 7) is 10.4. The minimum Gasteiger partial charge on any atom is -0.352 e. The molecule has 0 saturated carbocycles. The standard InChI is InChI=1S/C23H36N6/c1-19(2)17-29-14-11-25-22(29)16-27-23(24-3)26-15-20-7-9-21(10-8-20)18-28-12-5-4-6-13-28/h7-11,14,19H,4-6,12-13,15-18H2,1-3H3,(H2,24,26,27). The number of likely N-dealkylation sites (tertiary alicyclic amines) is 1. The van der Waals surface area contributed by atoms with Gasteiger partial charge in [-0.2, -0.15) is 0 Å². The highest BCUT2D eigenvalue weighted by molar-refractivity contribution is 5.79. The average Bonchev–Trinajstić information content (AvgIpc) is 3.16. The van der Waals surface area contributed by atoms with Crippen molar-refractivity contribution in [1.82, 2.24) is 25.1 Å². The Hall–Kier alpha value is -2.34. The Morgan fingerprint density at radius 1 is 1.03 bits per heavy atom. The molecule has 0 unspecified atom stereocenters. The van der Waals surface area contributed by atoms with Crippen LogP contribution in [0.3, 0.4) is 0 Å². The summed E-state index contributed by atoms with van der Waals surface area (Å²) in [5.41, 5.74) is 2.66. The normalized spacial score (nSPS) is 15.7. The van der Waals surface area contributed by atoms with Gasteiger partial charge in [0.25, 0.3) is 0 Å². The molecule has 1 fully saturated rings. The summed E-state index contributed by atoms with van der Waals surface area (Å²) in [5, 5.41) is 6.77. The maximum atomic E-state index is 4.47. The molecule has 6 nitrogen and oxygen atoms in total. The maximum Gasteiger partial charge on any atom is 0.191 e. The molecule has 29 heavy (non-hydrogen) atoms. The van der Waals surface area contributed by atoms with Gasteiger partial charge in [0, 0.05) is 39.1 Å². The fourth-order valence-corrected chi connectivity index (χ4v) is 3.77. The van der Waals surface area contributed by atoms with Crippen LogP contribution < -0.4 is 10.6 Å². The Bertz CT molecular complexity index is 756. The van der Waals surface area contributed by atoms with Crippen LogP contribution in [-0.4, -0.2) is 40.5 Å². The minimum atomic E-state index is 0.596. The number of guanidine groups is 1. The molecule has 0 amide bonds. The summed E-state index contributed by atoms with van der Waals surface area (Å²) in [4.78, 5) is 11.4. The molecular weight excluding hydrogens is 360 g/mol. The van der Waals surface area contributed by atoms with Gasteiger partial charge in [-0.1, -0.05) is 44.5 Å². The topological polar surface area (TPSA) is 57.5 Å². The molecule has 0 aliphatic carbocycles. The third-order valence-electron chi connectivity index (χ3n) is 5.34. The summed E-state index contributed by atoms with van der Waals surface area (Å²) in [7, 11) is 1.80. The van der Waals surface area contributed by atoms with E-state index in [1.54, 1.807) is 7.05 Å². The number of piperidine rings is 1. The van der Waals surface area contributed by atoms with Crippen LogP contribution in [0.4, 0.5) is 0 Å². The molecule has 1 aliphatic heterocycles. The molecule has 0 bridgehead atoms. The van der Waals surface area contributed by atoms with Crippen LogP contribution in [0.15, 0.2) is 41.7 Å². The largest absolute Gasteiger partial charge is 0.352 e. The van der Waals surface area contributed by atoms with Crippen molar-refractivity contribution in [3.8, 4) is 0 Å². The predicted octanol–water partition coefficient (Wildman–Crippen LogP) is 3.39. The number of nitrogens with one attached hydrogen (secondary N) is 2. The summed E-state index contributed by atoms with van der Waals surface area (Å²) < 4.78 is 2.20. The second-order valence-electron chi connectivity index (χ2n) is 8.32. The van der Waals surface area contributed by atoms with Crippen molar-refractivity contribution in [2.24, 2.45) is 10.9 Å². The molecular formula is C23H36N6. The summed E-state index contributed by atoms with van der Waals surface area (Å²) in [6.07, 6.45) is 7.97. The lowest BCUT2D eigenvalue weighted by Crippen LogP contribution is -2.37. The summed E-state index contributed by atoms with van der Waals surface area (Å²) >= 11 is 0. The first kappa shape index (κ1) is 21.4. The highest BCUT2D eigenvalue weighted by Gasteiger charge is 2.10. The first-order chi connectivity index (χ1) is 14.1. The van der Waals surface area contributed by atoms with E-state index in [1.807, 2.05) is 12.4 Å². The lowest BCUT2D eigenvalue weighted by Gasteiger charge is -2.26. The van der Waals surface area contributed by atoms with Gasteiger partial charge >= 0.3 is 0 Å². The summed E-state index contributed by atoms with van der Waals surface area (Å²) in [6, 6.07) is 8.94. The number of aliphatic imine (C=N–C) groups is 1. The van der Waals surface area contributed by atoms with Gasteiger partial charge in [0.2, 0.25) is 0 Å². The Labute approximate surface area is 175 Å². The van der Waals surface area contributed by atoms with E-state index in [1.165, 1.54) is 43.5 Å². The Morgan fingerprint density at radius 3 is 2.41 bits per heavy atom. The third kappa shape index (κ3) is 6.89. The van der Waals surface area contributed by atoms with E-state index in [0.29, 0.717) is 12.5 Å². The zero-order chi connectivity index (χ0) is 20.5. The zero-order valence-electron chi connectivity index (χ0n) is 18.2. The molecule has 2 heterocycles. The second-order valence-corrected chi connectivity index (χ2v) is 8.32. The average molecular weight is 397 g/mol. The fraction of sp³-hybridized carbons (Fsp3) is 0.565. The molecule has 1 aromatic carbocycles. The number of imidazole rings is 1. The number of rotatable bonds is 8. The van der Waals surface area contributed by atoms with E-state index >= 15 is 0 Å². The highest BCUT2D eigenvalue weighted by atomic mass is 15.2. The molecule has 0 atom stereocenters. The van der Waals surface area contributed by atoms with Crippen molar-refractivity contribution >= 4 is 5.96 Å². The molecule has 1 aliphatic rings. The van der Waals surface area contributed by atoms with E-state index in [4.69, 9.17) is 0 Å². The van der Waals surface area contributed by atoms with Crippen molar-refractivity contribution in [1.29, 1.82) is 0 Å². The molecule has 6 heteroatoms. The fourth-order valence-electron chi connectivity index (χ4n) is 3.77. The van der Waals surface area contributed by atoms with Crippen molar-refractivity contribution in [3.05, 3.63) is 53.6 Å². The smallest absolute Gasteiger partial charge is 0.191 e. The van der Waals surface area contributed by atoms with Gasteiger partial charge < -0.3 is 15.2 Å². The highest BCUT2D eigenvalue weighted by Crippen LogP contribution is 2.13. The van der Waals surface area contributed by atoms with E-state index in [-0.39, 0.29) is 0 Å². The lowest BCUT2D eigenvalue weighted by atomic mass is 10.1. The van der Waals surface area contributed by atoms with Crippen LogP contribution in [0.2, 0.25) is 0 Å².